The van der Waals surface area contributed by atoms with Crippen LogP contribution in [0.25, 0.3) is 5.65 Å². The summed E-state index contributed by atoms with van der Waals surface area (Å²) in [5.74, 6) is -0.384. The number of aromatic nitrogens is 2. The number of benzene rings is 1. The van der Waals surface area contributed by atoms with Gasteiger partial charge in [0, 0.05) is 24.5 Å². The van der Waals surface area contributed by atoms with Crippen molar-refractivity contribution < 1.29 is 9.59 Å². The van der Waals surface area contributed by atoms with E-state index in [2.05, 4.69) is 15.6 Å². The Hall–Kier alpha value is -3.15. The first-order valence-corrected chi connectivity index (χ1v) is 8.15. The molecule has 6 heteroatoms. The molecule has 128 valence electrons. The number of amides is 2. The number of nitrogens with one attached hydrogen (secondary N) is 2. The van der Waals surface area contributed by atoms with Gasteiger partial charge in [0.2, 0.25) is 5.91 Å². The summed E-state index contributed by atoms with van der Waals surface area (Å²) in [7, 11) is 0. The number of aryl methyl sites for hydroxylation is 2. The molecule has 2 amide bonds. The highest BCUT2D eigenvalue weighted by Crippen LogP contribution is 2.23. The summed E-state index contributed by atoms with van der Waals surface area (Å²) in [5, 5.41) is 5.70. The largest absolute Gasteiger partial charge is 0.326 e. The summed E-state index contributed by atoms with van der Waals surface area (Å²) >= 11 is 0. The van der Waals surface area contributed by atoms with Crippen molar-refractivity contribution in [3.63, 3.8) is 0 Å². The minimum Gasteiger partial charge on any atom is -0.326 e. The molecule has 0 saturated carbocycles. The lowest BCUT2D eigenvalue weighted by Crippen LogP contribution is -2.17. The molecule has 3 rings (SSSR count). The highest BCUT2D eigenvalue weighted by molar-refractivity contribution is 6.05. The molecule has 25 heavy (non-hydrogen) atoms. The smallest absolute Gasteiger partial charge is 0.274 e. The molecule has 0 aliphatic rings. The monoisotopic (exact) mass is 336 g/mol. The van der Waals surface area contributed by atoms with Gasteiger partial charge in [-0.15, -0.1) is 0 Å². The summed E-state index contributed by atoms with van der Waals surface area (Å²) in [6, 6.07) is 11.1. The maximum atomic E-state index is 12.9. The molecule has 0 saturated heterocycles. The van der Waals surface area contributed by atoms with Gasteiger partial charge in [-0.05, 0) is 43.2 Å². The molecule has 0 radical (unpaired) electrons. The Morgan fingerprint density at radius 2 is 1.96 bits per heavy atom. The van der Waals surface area contributed by atoms with Gasteiger partial charge in [0.1, 0.15) is 11.3 Å². The Morgan fingerprint density at radius 3 is 2.68 bits per heavy atom. The van der Waals surface area contributed by atoms with Crippen LogP contribution in [0.4, 0.5) is 11.4 Å². The first-order valence-electron chi connectivity index (χ1n) is 8.15. The molecule has 0 spiro atoms. The number of carbonyl (C=O) groups excluding carboxylic acids is 2. The Bertz CT molecular complexity index is 959. The number of hydrogen-bond acceptors (Lipinski definition) is 3. The van der Waals surface area contributed by atoms with Gasteiger partial charge in [-0.25, -0.2) is 4.98 Å². The minimum absolute atomic E-state index is 0.154. The Labute approximate surface area is 145 Å². The van der Waals surface area contributed by atoms with Crippen LogP contribution >= 0.6 is 0 Å². The second-order valence-electron chi connectivity index (χ2n) is 5.84. The highest BCUT2D eigenvalue weighted by atomic mass is 16.2. The Balaban J connectivity index is 1.96. The van der Waals surface area contributed by atoms with Crippen LogP contribution in [0, 0.1) is 6.92 Å². The standard InChI is InChI=1S/C19H20N4O2/c1-4-14-8-9-15(21-13(3)24)11-16(14)22-19(25)18-12(2)20-17-7-5-6-10-23(17)18/h5-11H,4H2,1-3H3,(H,21,24)(H,22,25). The van der Waals surface area contributed by atoms with Crippen molar-refractivity contribution in [2.45, 2.75) is 27.2 Å². The second kappa shape index (κ2) is 6.76. The summed E-state index contributed by atoms with van der Waals surface area (Å²) in [6.07, 6.45) is 2.58. The molecule has 0 unspecified atom stereocenters. The van der Waals surface area contributed by atoms with Crippen molar-refractivity contribution in [1.29, 1.82) is 0 Å². The zero-order valence-corrected chi connectivity index (χ0v) is 14.5. The van der Waals surface area contributed by atoms with Crippen LogP contribution in [-0.4, -0.2) is 21.2 Å². The van der Waals surface area contributed by atoms with Gasteiger partial charge in [-0.1, -0.05) is 19.1 Å². The number of pyridine rings is 1. The van der Waals surface area contributed by atoms with Crippen LogP contribution in [0.3, 0.4) is 0 Å². The van der Waals surface area contributed by atoms with E-state index >= 15 is 0 Å². The minimum atomic E-state index is -0.231. The summed E-state index contributed by atoms with van der Waals surface area (Å²) in [5.41, 5.74) is 4.23. The number of imidazole rings is 1. The molecule has 1 aromatic carbocycles. The van der Waals surface area contributed by atoms with Crippen molar-refractivity contribution >= 4 is 28.8 Å². The molecule has 0 fully saturated rings. The highest BCUT2D eigenvalue weighted by Gasteiger charge is 2.17. The van der Waals surface area contributed by atoms with Gasteiger partial charge in [0.25, 0.3) is 5.91 Å². The van der Waals surface area contributed by atoms with Crippen molar-refractivity contribution in [1.82, 2.24) is 9.38 Å². The summed E-state index contributed by atoms with van der Waals surface area (Å²) < 4.78 is 1.77. The van der Waals surface area contributed by atoms with Gasteiger partial charge in [-0.2, -0.15) is 0 Å². The van der Waals surface area contributed by atoms with E-state index in [-0.39, 0.29) is 11.8 Å². The van der Waals surface area contributed by atoms with E-state index in [9.17, 15) is 9.59 Å². The van der Waals surface area contributed by atoms with E-state index in [0.29, 0.717) is 22.8 Å². The molecule has 0 bridgehead atoms. The normalized spacial score (nSPS) is 10.7. The molecule has 2 aromatic heterocycles. The van der Waals surface area contributed by atoms with E-state index in [1.165, 1.54) is 6.92 Å². The quantitative estimate of drug-likeness (QED) is 0.766. The Kier molecular flexibility index (Phi) is 4.52. The van der Waals surface area contributed by atoms with Gasteiger partial charge in [0.05, 0.1) is 5.69 Å². The van der Waals surface area contributed by atoms with E-state index in [4.69, 9.17) is 0 Å². The van der Waals surface area contributed by atoms with E-state index in [0.717, 1.165) is 17.6 Å². The molecule has 2 N–H and O–H groups in total. The number of hydrogen-bond donors (Lipinski definition) is 2. The molecular formula is C19H20N4O2. The van der Waals surface area contributed by atoms with Gasteiger partial charge in [0.15, 0.2) is 0 Å². The number of carbonyl (C=O) groups is 2. The first kappa shape index (κ1) is 16.7. The topological polar surface area (TPSA) is 75.5 Å². The fourth-order valence-corrected chi connectivity index (χ4v) is 2.85. The van der Waals surface area contributed by atoms with Gasteiger partial charge in [-0.3, -0.25) is 14.0 Å². The second-order valence-corrected chi connectivity index (χ2v) is 5.84. The van der Waals surface area contributed by atoms with Crippen LogP contribution in [0.15, 0.2) is 42.6 Å². The summed E-state index contributed by atoms with van der Waals surface area (Å²) in [6.45, 7) is 5.28. The van der Waals surface area contributed by atoms with Crippen LogP contribution < -0.4 is 10.6 Å². The molecule has 6 nitrogen and oxygen atoms in total. The van der Waals surface area contributed by atoms with Crippen molar-refractivity contribution in [3.05, 3.63) is 59.5 Å². The van der Waals surface area contributed by atoms with Gasteiger partial charge >= 0.3 is 0 Å². The Morgan fingerprint density at radius 1 is 1.16 bits per heavy atom. The third-order valence-electron chi connectivity index (χ3n) is 3.98. The van der Waals surface area contributed by atoms with E-state index in [1.54, 1.807) is 10.5 Å². The fraction of sp³-hybridized carbons (Fsp3) is 0.211. The third kappa shape index (κ3) is 3.38. The van der Waals surface area contributed by atoms with E-state index in [1.807, 2.05) is 50.4 Å². The lowest BCUT2D eigenvalue weighted by Gasteiger charge is -2.12. The first-order chi connectivity index (χ1) is 12.0. The average Bonchev–Trinajstić information content (AvgIpc) is 2.90. The van der Waals surface area contributed by atoms with Crippen LogP contribution in [0.1, 0.15) is 35.6 Å². The number of fused-ring (bicyclic) bond motifs is 1. The SMILES string of the molecule is CCc1ccc(NC(C)=O)cc1NC(=O)c1c(C)nc2ccccn12. The van der Waals surface area contributed by atoms with Crippen LogP contribution in [0.2, 0.25) is 0 Å². The molecular weight excluding hydrogens is 316 g/mol. The molecule has 3 aromatic rings. The summed E-state index contributed by atoms with van der Waals surface area (Å²) in [4.78, 5) is 28.5. The van der Waals surface area contributed by atoms with E-state index < -0.39 is 0 Å². The number of anilines is 2. The molecule has 2 heterocycles. The molecule has 0 aliphatic carbocycles. The zero-order valence-electron chi connectivity index (χ0n) is 14.5. The van der Waals surface area contributed by atoms with Crippen LogP contribution in [0.5, 0.6) is 0 Å². The van der Waals surface area contributed by atoms with Crippen molar-refractivity contribution in [2.24, 2.45) is 0 Å². The number of rotatable bonds is 4. The molecule has 0 aliphatic heterocycles. The number of nitrogens with zero attached hydrogens (tertiary/aromatic N) is 2. The van der Waals surface area contributed by atoms with Crippen LogP contribution in [-0.2, 0) is 11.2 Å². The predicted molar refractivity (Wildman–Crippen MR) is 98.0 cm³/mol. The maximum absolute atomic E-state index is 12.9. The lowest BCUT2D eigenvalue weighted by atomic mass is 10.1. The van der Waals surface area contributed by atoms with Gasteiger partial charge < -0.3 is 10.6 Å². The molecule has 0 atom stereocenters. The average molecular weight is 336 g/mol. The maximum Gasteiger partial charge on any atom is 0.274 e. The lowest BCUT2D eigenvalue weighted by molar-refractivity contribution is -0.114. The van der Waals surface area contributed by atoms with Crippen molar-refractivity contribution in [2.75, 3.05) is 10.6 Å². The van der Waals surface area contributed by atoms with Crippen molar-refractivity contribution in [3.8, 4) is 0 Å². The zero-order chi connectivity index (χ0) is 18.0. The predicted octanol–water partition coefficient (Wildman–Crippen LogP) is 3.42. The fourth-order valence-electron chi connectivity index (χ4n) is 2.85. The third-order valence-corrected chi connectivity index (χ3v) is 3.98.